The molecule has 0 aromatic heterocycles. The number of alkyl halides is 3. The molecule has 144 valence electrons. The minimum Gasteiger partial charge on any atom is -0.374 e. The Morgan fingerprint density at radius 2 is 1.77 bits per heavy atom. The summed E-state index contributed by atoms with van der Waals surface area (Å²) in [6.45, 7) is 1.64. The first-order chi connectivity index (χ1) is 12.4. The molecule has 0 atom stereocenters. The second-order valence-electron chi connectivity index (χ2n) is 7.18. The van der Waals surface area contributed by atoms with E-state index in [4.69, 9.17) is 0 Å². The maximum atomic E-state index is 13.1. The summed E-state index contributed by atoms with van der Waals surface area (Å²) in [6.07, 6.45) is 3.06. The van der Waals surface area contributed by atoms with E-state index in [2.05, 4.69) is 15.5 Å². The Balaban J connectivity index is 1.68. The molecular formula is C19H26F3N3O. The van der Waals surface area contributed by atoms with Gasteiger partial charge in [0.1, 0.15) is 0 Å². The molecule has 1 aromatic rings. The van der Waals surface area contributed by atoms with Crippen LogP contribution >= 0.6 is 0 Å². The third-order valence-electron chi connectivity index (χ3n) is 5.18. The summed E-state index contributed by atoms with van der Waals surface area (Å²) in [5.41, 5.74) is 0.414. The van der Waals surface area contributed by atoms with Gasteiger partial charge in [0, 0.05) is 19.1 Å². The minimum atomic E-state index is -4.40. The zero-order chi connectivity index (χ0) is 18.6. The summed E-state index contributed by atoms with van der Waals surface area (Å²) in [5, 5.41) is 5.92. The van der Waals surface area contributed by atoms with Gasteiger partial charge in [-0.05, 0) is 43.9 Å². The highest BCUT2D eigenvalue weighted by Gasteiger charge is 2.31. The van der Waals surface area contributed by atoms with E-state index >= 15 is 0 Å². The van der Waals surface area contributed by atoms with Crippen LogP contribution in [0.3, 0.4) is 0 Å². The zero-order valence-electron chi connectivity index (χ0n) is 14.9. The number of amides is 1. The predicted octanol–water partition coefficient (Wildman–Crippen LogP) is 4.17. The molecule has 0 radical (unpaired) electrons. The van der Waals surface area contributed by atoms with Crippen LogP contribution in [0.4, 0.5) is 24.5 Å². The molecular weight excluding hydrogens is 343 g/mol. The average Bonchev–Trinajstić information content (AvgIpc) is 3.14. The monoisotopic (exact) mass is 369 g/mol. The fourth-order valence-corrected chi connectivity index (χ4v) is 3.79. The zero-order valence-corrected chi connectivity index (χ0v) is 14.9. The Bertz CT molecular complexity index is 621. The van der Waals surface area contributed by atoms with Crippen LogP contribution in [0, 0.1) is 0 Å². The second-order valence-corrected chi connectivity index (χ2v) is 7.18. The van der Waals surface area contributed by atoms with E-state index in [0.29, 0.717) is 5.69 Å². The highest BCUT2D eigenvalue weighted by Crippen LogP contribution is 2.36. The maximum Gasteiger partial charge on any atom is 0.416 e. The van der Waals surface area contributed by atoms with Gasteiger partial charge in [-0.3, -0.25) is 4.79 Å². The van der Waals surface area contributed by atoms with Crippen molar-refractivity contribution in [3.63, 3.8) is 0 Å². The number of halogens is 3. The third kappa shape index (κ3) is 4.83. The molecule has 2 fully saturated rings. The number of hydrogen-bond donors (Lipinski definition) is 2. The molecule has 1 saturated heterocycles. The van der Waals surface area contributed by atoms with Crippen molar-refractivity contribution in [1.82, 2.24) is 5.32 Å². The average molecular weight is 369 g/mol. The molecule has 26 heavy (non-hydrogen) atoms. The SMILES string of the molecule is O=C(CNc1cc(C(F)(F)F)ccc1N1CCCC1)NC1CCCCC1. The molecule has 1 saturated carbocycles. The number of rotatable bonds is 5. The Morgan fingerprint density at radius 1 is 1.08 bits per heavy atom. The molecule has 1 aliphatic heterocycles. The summed E-state index contributed by atoms with van der Waals surface area (Å²) in [6, 6.07) is 3.93. The minimum absolute atomic E-state index is 0.0152. The van der Waals surface area contributed by atoms with Gasteiger partial charge in [-0.2, -0.15) is 13.2 Å². The highest BCUT2D eigenvalue weighted by atomic mass is 19.4. The van der Waals surface area contributed by atoms with Gasteiger partial charge in [-0.15, -0.1) is 0 Å². The van der Waals surface area contributed by atoms with Gasteiger partial charge >= 0.3 is 6.18 Å². The standard InChI is InChI=1S/C19H26F3N3O/c20-19(21,22)14-8-9-17(25-10-4-5-11-25)16(12-14)23-13-18(26)24-15-6-2-1-3-7-15/h8-9,12,15,23H,1-7,10-11,13H2,(H,24,26). The predicted molar refractivity (Wildman–Crippen MR) is 96.4 cm³/mol. The van der Waals surface area contributed by atoms with E-state index in [-0.39, 0.29) is 18.5 Å². The fraction of sp³-hybridized carbons (Fsp3) is 0.632. The van der Waals surface area contributed by atoms with Crippen LogP contribution in [0.2, 0.25) is 0 Å². The van der Waals surface area contributed by atoms with Crippen LogP contribution in [0.1, 0.15) is 50.5 Å². The van der Waals surface area contributed by atoms with E-state index < -0.39 is 11.7 Å². The highest BCUT2D eigenvalue weighted by molar-refractivity contribution is 5.83. The van der Waals surface area contributed by atoms with Gasteiger partial charge in [-0.25, -0.2) is 0 Å². The van der Waals surface area contributed by atoms with Crippen LogP contribution in [-0.2, 0) is 11.0 Å². The Morgan fingerprint density at radius 3 is 2.42 bits per heavy atom. The first-order valence-electron chi connectivity index (χ1n) is 9.43. The molecule has 1 amide bonds. The van der Waals surface area contributed by atoms with E-state index in [1.165, 1.54) is 12.5 Å². The molecule has 0 spiro atoms. The van der Waals surface area contributed by atoms with Crippen molar-refractivity contribution in [1.29, 1.82) is 0 Å². The number of nitrogens with one attached hydrogen (secondary N) is 2. The first kappa shape index (κ1) is 18.9. The van der Waals surface area contributed by atoms with Crippen molar-refractivity contribution in [2.24, 2.45) is 0 Å². The van der Waals surface area contributed by atoms with Crippen LogP contribution < -0.4 is 15.5 Å². The number of carbonyl (C=O) groups is 1. The van der Waals surface area contributed by atoms with Crippen molar-refractivity contribution in [3.05, 3.63) is 23.8 Å². The summed E-state index contributed by atoms with van der Waals surface area (Å²) in [4.78, 5) is 14.3. The molecule has 7 heteroatoms. The smallest absolute Gasteiger partial charge is 0.374 e. The van der Waals surface area contributed by atoms with E-state index in [1.54, 1.807) is 0 Å². The van der Waals surface area contributed by atoms with Crippen molar-refractivity contribution in [3.8, 4) is 0 Å². The van der Waals surface area contributed by atoms with Crippen molar-refractivity contribution >= 4 is 17.3 Å². The Labute approximate surface area is 152 Å². The number of benzene rings is 1. The molecule has 1 aliphatic carbocycles. The molecule has 1 aromatic carbocycles. The molecule has 2 aliphatic rings. The van der Waals surface area contributed by atoms with Gasteiger partial charge < -0.3 is 15.5 Å². The normalized spacial score (nSPS) is 18.8. The lowest BCUT2D eigenvalue weighted by atomic mass is 9.95. The van der Waals surface area contributed by atoms with Gasteiger partial charge in [0.15, 0.2) is 0 Å². The lowest BCUT2D eigenvalue weighted by Crippen LogP contribution is -2.39. The molecule has 0 bridgehead atoms. The van der Waals surface area contributed by atoms with Crippen LogP contribution in [0.5, 0.6) is 0 Å². The number of hydrogen-bond acceptors (Lipinski definition) is 3. The van der Waals surface area contributed by atoms with Gasteiger partial charge in [-0.1, -0.05) is 19.3 Å². The molecule has 2 N–H and O–H groups in total. The Kier molecular flexibility index (Phi) is 5.94. The summed E-state index contributed by atoms with van der Waals surface area (Å²) < 4.78 is 39.2. The molecule has 3 rings (SSSR count). The maximum absolute atomic E-state index is 13.1. The van der Waals surface area contributed by atoms with E-state index in [1.807, 2.05) is 0 Å². The van der Waals surface area contributed by atoms with Gasteiger partial charge in [0.05, 0.1) is 23.5 Å². The number of carbonyl (C=O) groups excluding carboxylic acids is 1. The van der Waals surface area contributed by atoms with Crippen molar-refractivity contribution in [2.75, 3.05) is 29.9 Å². The lowest BCUT2D eigenvalue weighted by molar-refractivity contribution is -0.137. The Hall–Kier alpha value is -1.92. The number of anilines is 2. The largest absolute Gasteiger partial charge is 0.416 e. The lowest BCUT2D eigenvalue weighted by Gasteiger charge is -2.25. The van der Waals surface area contributed by atoms with Crippen LogP contribution in [0.25, 0.3) is 0 Å². The fourth-order valence-electron chi connectivity index (χ4n) is 3.79. The van der Waals surface area contributed by atoms with Crippen LogP contribution in [-0.4, -0.2) is 31.6 Å². The van der Waals surface area contributed by atoms with E-state index in [0.717, 1.165) is 69.4 Å². The molecule has 1 heterocycles. The molecule has 4 nitrogen and oxygen atoms in total. The summed E-state index contributed by atoms with van der Waals surface area (Å²) in [7, 11) is 0. The van der Waals surface area contributed by atoms with Gasteiger partial charge in [0.25, 0.3) is 0 Å². The first-order valence-corrected chi connectivity index (χ1v) is 9.43. The topological polar surface area (TPSA) is 44.4 Å². The molecule has 0 unspecified atom stereocenters. The van der Waals surface area contributed by atoms with Gasteiger partial charge in [0.2, 0.25) is 5.91 Å². The van der Waals surface area contributed by atoms with Crippen molar-refractivity contribution < 1.29 is 18.0 Å². The summed E-state index contributed by atoms with van der Waals surface area (Å²) in [5.74, 6) is -0.165. The summed E-state index contributed by atoms with van der Waals surface area (Å²) >= 11 is 0. The quantitative estimate of drug-likeness (QED) is 0.819. The van der Waals surface area contributed by atoms with Crippen molar-refractivity contribution in [2.45, 2.75) is 57.2 Å². The second kappa shape index (κ2) is 8.18. The number of nitrogens with zero attached hydrogens (tertiary/aromatic N) is 1. The third-order valence-corrected chi connectivity index (χ3v) is 5.18. The van der Waals surface area contributed by atoms with Crippen LogP contribution in [0.15, 0.2) is 18.2 Å². The van der Waals surface area contributed by atoms with E-state index in [9.17, 15) is 18.0 Å².